The zero-order chi connectivity index (χ0) is 60.5. The van der Waals surface area contributed by atoms with E-state index in [-0.39, 0.29) is 37.6 Å². The van der Waals surface area contributed by atoms with E-state index in [1.165, 1.54) is 51.3 Å². The maximum absolute atomic E-state index is 14.2. The Morgan fingerprint density at radius 1 is 0.488 bits per heavy atom. The van der Waals surface area contributed by atoms with Crippen molar-refractivity contribution in [3.63, 3.8) is 0 Å². The molecule has 0 atom stereocenters. The van der Waals surface area contributed by atoms with Crippen LogP contribution in [0.5, 0.6) is 11.5 Å². The fourth-order valence-corrected chi connectivity index (χ4v) is 27.9. The average molecular weight is 1250 g/mol. The standard InChI is InChI=1S/C33H40N2O6S2Si.C23H26ClNO5S2Si.C4H11N/c1-33(2,3)44(29-17-10-6-11-18-29,30-19-12-7-13-20-30)35-43(38,39)32-22-21-28(25-31(32)40-4)42(36,37)34-23-14-24-41-26-27-15-8-5-9-16-27;1-23(2,3)33(19-11-7-5-8-12-19,20-13-9-6-10-14-20)25-32(28,29)22-16-15-18(31(24,26)27)17-21(22)30-4;1-2-3-4-5/h5-13,15-22,25,34-35H,14,23-24,26H2,1-4H3;5-17,25H,1-4H3;2-5H2,1H3. The van der Waals surface area contributed by atoms with Gasteiger partial charge in [-0.2, -0.15) is 0 Å². The molecule has 15 nitrogen and oxygen atoms in total. The Bertz CT molecular complexity index is 3520. The van der Waals surface area contributed by atoms with Crippen molar-refractivity contribution >= 4 is 87.0 Å². The normalized spacial score (nSPS) is 12.5. The van der Waals surface area contributed by atoms with Crippen LogP contribution in [0.4, 0.5) is 0 Å². The molecule has 0 spiro atoms. The SMILES string of the molecule is CCCCN.COc1cc(S(=O)(=O)Cl)ccc1S(=O)(=O)N[Si](c1ccccc1)(c1ccccc1)C(C)(C)C.COc1cc(S(=O)(=O)NCCCOCc2ccccc2)ccc1S(=O)(=O)N[Si](c1ccccc1)(c1ccccc1)C(C)(C)C. The van der Waals surface area contributed by atoms with Crippen molar-refractivity contribution < 1.29 is 47.9 Å². The van der Waals surface area contributed by atoms with Gasteiger partial charge in [-0.25, -0.2) is 47.2 Å². The molecular formula is C60H77ClN4O11S4Si2. The van der Waals surface area contributed by atoms with Gasteiger partial charge in [-0.05, 0) is 80.0 Å². The molecule has 0 bridgehead atoms. The van der Waals surface area contributed by atoms with Gasteiger partial charge in [0.1, 0.15) is 21.3 Å². The molecule has 22 heteroatoms. The summed E-state index contributed by atoms with van der Waals surface area (Å²) in [7, 11) is -14.7. The van der Waals surface area contributed by atoms with E-state index >= 15 is 0 Å². The highest BCUT2D eigenvalue weighted by Crippen LogP contribution is 2.38. The first-order valence-electron chi connectivity index (χ1n) is 26.6. The average Bonchev–Trinajstić information content (AvgIpc) is 3.63. The molecule has 0 fully saturated rings. The van der Waals surface area contributed by atoms with Gasteiger partial charge in [0, 0.05) is 36.0 Å². The lowest BCUT2D eigenvalue weighted by atomic mass is 10.2. The molecule has 0 aliphatic rings. The highest BCUT2D eigenvalue weighted by atomic mass is 35.7. The van der Waals surface area contributed by atoms with Crippen molar-refractivity contribution in [2.24, 2.45) is 5.73 Å². The molecule has 5 N–H and O–H groups in total. The van der Waals surface area contributed by atoms with Crippen LogP contribution in [0.25, 0.3) is 0 Å². The number of nitrogens with one attached hydrogen (secondary N) is 3. The van der Waals surface area contributed by atoms with E-state index in [0.717, 1.165) is 45.0 Å². The highest BCUT2D eigenvalue weighted by molar-refractivity contribution is 8.13. The lowest BCUT2D eigenvalue weighted by molar-refractivity contribution is 0.119. The zero-order valence-electron chi connectivity index (χ0n) is 47.9. The molecule has 0 amide bonds. The van der Waals surface area contributed by atoms with Crippen LogP contribution in [0.1, 0.15) is 73.3 Å². The molecule has 7 rings (SSSR count). The second kappa shape index (κ2) is 29.3. The number of methoxy groups -OCH3 is 2. The first kappa shape index (κ1) is 67.3. The van der Waals surface area contributed by atoms with E-state index in [1.54, 1.807) is 0 Å². The maximum atomic E-state index is 14.2. The van der Waals surface area contributed by atoms with Gasteiger partial charge in [0.25, 0.3) is 9.05 Å². The number of nitrogens with two attached hydrogens (primary N) is 1. The van der Waals surface area contributed by atoms with Gasteiger partial charge in [0.05, 0.1) is 30.6 Å². The minimum Gasteiger partial charge on any atom is -0.495 e. The molecular weight excluding hydrogens is 1170 g/mol. The van der Waals surface area contributed by atoms with Gasteiger partial charge in [-0.1, -0.05) is 207 Å². The van der Waals surface area contributed by atoms with Gasteiger partial charge in [0.15, 0.2) is 0 Å². The molecule has 0 saturated carbocycles. The monoisotopic (exact) mass is 1250 g/mol. The number of hydrogen-bond acceptors (Lipinski definition) is 12. The van der Waals surface area contributed by atoms with Gasteiger partial charge >= 0.3 is 0 Å². The summed E-state index contributed by atoms with van der Waals surface area (Å²) >= 11 is 0. The third kappa shape index (κ3) is 16.8. The van der Waals surface area contributed by atoms with Crippen LogP contribution in [0.15, 0.2) is 208 Å². The van der Waals surface area contributed by atoms with Crippen molar-refractivity contribution in [3.05, 3.63) is 194 Å². The first-order chi connectivity index (χ1) is 38.6. The summed E-state index contributed by atoms with van der Waals surface area (Å²) in [5.41, 5.74) is 6.18. The summed E-state index contributed by atoms with van der Waals surface area (Å²) < 4.78 is 131. The molecule has 82 heavy (non-hydrogen) atoms. The van der Waals surface area contributed by atoms with Crippen molar-refractivity contribution in [3.8, 4) is 11.5 Å². The number of hydrogen-bond donors (Lipinski definition) is 4. The largest absolute Gasteiger partial charge is 0.495 e. The van der Waals surface area contributed by atoms with Gasteiger partial charge < -0.3 is 19.9 Å². The summed E-state index contributed by atoms with van der Waals surface area (Å²) in [4.78, 5) is -0.641. The summed E-state index contributed by atoms with van der Waals surface area (Å²) in [5.74, 6) is -0.174. The summed E-state index contributed by atoms with van der Waals surface area (Å²) in [6.07, 6.45) is 2.86. The Morgan fingerprint density at radius 2 is 0.841 bits per heavy atom. The van der Waals surface area contributed by atoms with Crippen molar-refractivity contribution in [2.45, 2.75) is 104 Å². The van der Waals surface area contributed by atoms with E-state index in [2.05, 4.69) is 20.4 Å². The van der Waals surface area contributed by atoms with Crippen molar-refractivity contribution in [1.82, 2.24) is 13.5 Å². The number of ether oxygens (including phenoxy) is 3. The number of halogens is 1. The second-order valence-electron chi connectivity index (χ2n) is 21.2. The fourth-order valence-electron chi connectivity index (χ4n) is 9.36. The van der Waals surface area contributed by atoms with Crippen molar-refractivity contribution in [2.75, 3.05) is 33.9 Å². The van der Waals surface area contributed by atoms with Crippen LogP contribution in [0.3, 0.4) is 0 Å². The number of unbranched alkanes of at least 4 members (excludes halogenated alkanes) is 1. The van der Waals surface area contributed by atoms with E-state index in [0.29, 0.717) is 19.6 Å². The fraction of sp³-hybridized carbons (Fsp3) is 0.300. The number of benzene rings is 7. The lowest BCUT2D eigenvalue weighted by Crippen LogP contribution is -2.74. The van der Waals surface area contributed by atoms with Gasteiger partial charge in [0.2, 0.25) is 46.5 Å². The van der Waals surface area contributed by atoms with Crippen LogP contribution in [-0.2, 0) is 50.5 Å². The quantitative estimate of drug-likeness (QED) is 0.0268. The Kier molecular flexibility index (Phi) is 24.0. The molecule has 7 aromatic carbocycles. The Morgan fingerprint density at radius 3 is 1.16 bits per heavy atom. The number of rotatable bonds is 23. The first-order valence-corrected chi connectivity index (χ1v) is 37.3. The summed E-state index contributed by atoms with van der Waals surface area (Å²) in [6.45, 7) is 16.1. The topological polar surface area (TPSA) is 226 Å². The van der Waals surface area contributed by atoms with Crippen LogP contribution in [0, 0.1) is 0 Å². The highest BCUT2D eigenvalue weighted by Gasteiger charge is 2.53. The smallest absolute Gasteiger partial charge is 0.261 e. The zero-order valence-corrected chi connectivity index (χ0v) is 53.9. The van der Waals surface area contributed by atoms with E-state index in [4.69, 9.17) is 30.6 Å². The molecule has 442 valence electrons. The molecule has 0 aliphatic heterocycles. The molecule has 0 heterocycles. The van der Waals surface area contributed by atoms with E-state index < -0.39 is 65.7 Å². The number of sulfonamides is 3. The Labute approximate surface area is 493 Å². The van der Waals surface area contributed by atoms with Crippen molar-refractivity contribution in [1.29, 1.82) is 0 Å². The summed E-state index contributed by atoms with van der Waals surface area (Å²) in [6, 6.07) is 55.4. The van der Waals surface area contributed by atoms with Crippen LogP contribution >= 0.6 is 10.7 Å². The molecule has 0 saturated heterocycles. The lowest BCUT2D eigenvalue weighted by Gasteiger charge is -2.43. The minimum atomic E-state index is -4.20. The summed E-state index contributed by atoms with van der Waals surface area (Å²) in [5, 5.41) is 2.62. The van der Waals surface area contributed by atoms with Gasteiger partial charge in [-0.3, -0.25) is 0 Å². The predicted octanol–water partition coefficient (Wildman–Crippen LogP) is 8.62. The molecule has 0 unspecified atom stereocenters. The molecule has 7 aromatic rings. The predicted molar refractivity (Wildman–Crippen MR) is 335 cm³/mol. The Hall–Kier alpha value is -5.54. The maximum Gasteiger partial charge on any atom is 0.261 e. The molecule has 0 aromatic heterocycles. The Balaban J connectivity index is 0.000000287. The third-order valence-corrected chi connectivity index (χ3v) is 32.1. The second-order valence-corrected chi connectivity index (χ2v) is 38.3. The third-order valence-electron chi connectivity index (χ3n) is 13.5. The molecule has 0 radical (unpaired) electrons. The molecule has 0 aliphatic carbocycles. The minimum absolute atomic E-state index is 0.0653. The van der Waals surface area contributed by atoms with E-state index in [9.17, 15) is 33.7 Å². The van der Waals surface area contributed by atoms with Crippen LogP contribution < -0.4 is 49.5 Å². The van der Waals surface area contributed by atoms with Crippen LogP contribution in [0.2, 0.25) is 10.1 Å². The van der Waals surface area contributed by atoms with Crippen LogP contribution in [-0.4, -0.2) is 84.1 Å². The van der Waals surface area contributed by atoms with E-state index in [1.807, 2.05) is 193 Å². The van der Waals surface area contributed by atoms with Gasteiger partial charge in [-0.15, -0.1) is 0 Å².